The minimum atomic E-state index is -2.98. The summed E-state index contributed by atoms with van der Waals surface area (Å²) in [5, 5.41) is 0. The molecule has 1 aromatic rings. The van der Waals surface area contributed by atoms with Crippen LogP contribution in [0.1, 0.15) is 24.9 Å². The van der Waals surface area contributed by atoms with Gasteiger partial charge in [-0.2, -0.15) is 0 Å². The third-order valence-corrected chi connectivity index (χ3v) is 4.55. The van der Waals surface area contributed by atoms with Crippen LogP contribution in [0.25, 0.3) is 0 Å². The van der Waals surface area contributed by atoms with Gasteiger partial charge in [0.05, 0.1) is 12.9 Å². The van der Waals surface area contributed by atoms with Crippen LogP contribution in [0.2, 0.25) is 0 Å². The van der Waals surface area contributed by atoms with Crippen LogP contribution in [0.15, 0.2) is 24.3 Å². The molecule has 1 rings (SSSR count). The van der Waals surface area contributed by atoms with Crippen LogP contribution in [0.4, 0.5) is 0 Å². The quantitative estimate of drug-likeness (QED) is 0.786. The fourth-order valence-corrected chi connectivity index (χ4v) is 2.92. The molecule has 0 aliphatic rings. The third-order valence-electron chi connectivity index (χ3n) is 3.62. The minimum absolute atomic E-state index is 0.0114. The smallest absolute Gasteiger partial charge is 0.148 e. The molecular formula is C15H26N2O3S. The zero-order chi connectivity index (χ0) is 16.0. The molecule has 2 N–H and O–H groups in total. The Morgan fingerprint density at radius 1 is 1.29 bits per heavy atom. The lowest BCUT2D eigenvalue weighted by Gasteiger charge is -2.32. The van der Waals surface area contributed by atoms with E-state index in [0.717, 1.165) is 17.7 Å². The maximum absolute atomic E-state index is 11.3. The summed E-state index contributed by atoms with van der Waals surface area (Å²) >= 11 is 0. The van der Waals surface area contributed by atoms with Gasteiger partial charge in [0.1, 0.15) is 15.6 Å². The van der Waals surface area contributed by atoms with Crippen LogP contribution in [-0.2, 0) is 9.84 Å². The molecule has 2 atom stereocenters. The molecule has 120 valence electrons. The number of benzene rings is 1. The molecule has 0 saturated carbocycles. The van der Waals surface area contributed by atoms with Gasteiger partial charge in [0.2, 0.25) is 0 Å². The van der Waals surface area contributed by atoms with Crippen molar-refractivity contribution in [1.82, 2.24) is 4.90 Å². The lowest BCUT2D eigenvalue weighted by molar-refractivity contribution is 0.220. The van der Waals surface area contributed by atoms with E-state index in [-0.39, 0.29) is 17.8 Å². The second-order valence-corrected chi connectivity index (χ2v) is 7.66. The number of likely N-dealkylation sites (N-methyl/N-ethyl adjacent to an activating group) is 1. The number of nitrogens with two attached hydrogens (primary N) is 1. The van der Waals surface area contributed by atoms with Crippen LogP contribution in [0.5, 0.6) is 5.75 Å². The van der Waals surface area contributed by atoms with E-state index in [1.807, 2.05) is 43.1 Å². The fraction of sp³-hybridized carbons (Fsp3) is 0.600. The van der Waals surface area contributed by atoms with Gasteiger partial charge in [0, 0.05) is 24.9 Å². The van der Waals surface area contributed by atoms with Crippen LogP contribution in [0.3, 0.4) is 0 Å². The summed E-state index contributed by atoms with van der Waals surface area (Å²) in [6.07, 6.45) is 2.07. The van der Waals surface area contributed by atoms with E-state index in [1.165, 1.54) is 6.26 Å². The first-order valence-corrected chi connectivity index (χ1v) is 9.12. The fourth-order valence-electron chi connectivity index (χ4n) is 2.30. The van der Waals surface area contributed by atoms with Crippen molar-refractivity contribution in [3.8, 4) is 5.75 Å². The monoisotopic (exact) mass is 314 g/mol. The van der Waals surface area contributed by atoms with Gasteiger partial charge in [-0.25, -0.2) is 8.42 Å². The lowest BCUT2D eigenvalue weighted by Crippen LogP contribution is -2.40. The van der Waals surface area contributed by atoms with E-state index in [0.29, 0.717) is 6.54 Å². The zero-order valence-electron chi connectivity index (χ0n) is 13.2. The zero-order valence-corrected chi connectivity index (χ0v) is 14.1. The maximum atomic E-state index is 11.3. The molecule has 0 fully saturated rings. The molecule has 5 nitrogen and oxygen atoms in total. The van der Waals surface area contributed by atoms with Gasteiger partial charge in [0.25, 0.3) is 0 Å². The molecule has 6 heteroatoms. The highest BCUT2D eigenvalue weighted by Gasteiger charge is 2.23. The predicted octanol–water partition coefficient (Wildman–Crippen LogP) is 1.45. The number of ether oxygens (including phenoxy) is 1. The summed E-state index contributed by atoms with van der Waals surface area (Å²) in [6.45, 7) is 2.49. The number of methoxy groups -OCH3 is 1. The van der Waals surface area contributed by atoms with E-state index in [2.05, 4.69) is 0 Å². The van der Waals surface area contributed by atoms with Crippen molar-refractivity contribution >= 4 is 9.84 Å². The number of hydrogen-bond donors (Lipinski definition) is 1. The Balaban J connectivity index is 2.93. The van der Waals surface area contributed by atoms with Gasteiger partial charge in [-0.15, -0.1) is 0 Å². The molecule has 0 aromatic heterocycles. The predicted molar refractivity (Wildman–Crippen MR) is 86.3 cm³/mol. The Bertz CT molecular complexity index is 528. The second-order valence-electron chi connectivity index (χ2n) is 5.40. The van der Waals surface area contributed by atoms with Crippen LogP contribution in [-0.4, -0.2) is 52.1 Å². The molecule has 1 aromatic carbocycles. The Kier molecular flexibility index (Phi) is 6.64. The summed E-state index contributed by atoms with van der Waals surface area (Å²) in [7, 11) is 0.559. The van der Waals surface area contributed by atoms with Gasteiger partial charge in [-0.3, -0.25) is 4.90 Å². The average Bonchev–Trinajstić information content (AvgIpc) is 2.45. The molecule has 0 amide bonds. The summed E-state index contributed by atoms with van der Waals surface area (Å²) in [4.78, 5) is 2.01. The summed E-state index contributed by atoms with van der Waals surface area (Å²) in [5.41, 5.74) is 7.31. The Hall–Kier alpha value is -1.11. The molecular weight excluding hydrogens is 288 g/mol. The summed E-state index contributed by atoms with van der Waals surface area (Å²) in [5.74, 6) is 0.924. The highest BCUT2D eigenvalue weighted by Crippen LogP contribution is 2.25. The molecule has 2 unspecified atom stereocenters. The number of hydrogen-bond acceptors (Lipinski definition) is 5. The average molecular weight is 314 g/mol. The van der Waals surface area contributed by atoms with Crippen molar-refractivity contribution in [3.63, 3.8) is 0 Å². The first-order chi connectivity index (χ1) is 9.78. The molecule has 0 bridgehead atoms. The molecule has 21 heavy (non-hydrogen) atoms. The first-order valence-electron chi connectivity index (χ1n) is 7.06. The molecule has 0 heterocycles. The number of rotatable bonds is 8. The standard InChI is InChI=1S/C15H26N2O3S/c1-5-14(16)15(17(2)10-11-21(4,18)19)12-6-8-13(20-3)9-7-12/h6-9,14-15H,5,10-11,16H2,1-4H3. The maximum Gasteiger partial charge on any atom is 0.148 e. The highest BCUT2D eigenvalue weighted by molar-refractivity contribution is 7.90. The van der Waals surface area contributed by atoms with Gasteiger partial charge >= 0.3 is 0 Å². The lowest BCUT2D eigenvalue weighted by atomic mass is 9.96. The van der Waals surface area contributed by atoms with Crippen molar-refractivity contribution < 1.29 is 13.2 Å². The number of nitrogens with zero attached hydrogens (tertiary/aromatic N) is 1. The van der Waals surface area contributed by atoms with E-state index in [4.69, 9.17) is 10.5 Å². The van der Waals surface area contributed by atoms with Crippen LogP contribution < -0.4 is 10.5 Å². The molecule has 0 spiro atoms. The van der Waals surface area contributed by atoms with E-state index >= 15 is 0 Å². The largest absolute Gasteiger partial charge is 0.497 e. The van der Waals surface area contributed by atoms with Gasteiger partial charge in [-0.1, -0.05) is 19.1 Å². The Labute approximate surface area is 128 Å². The van der Waals surface area contributed by atoms with Crippen molar-refractivity contribution in [2.24, 2.45) is 5.73 Å². The topological polar surface area (TPSA) is 72.6 Å². The van der Waals surface area contributed by atoms with E-state index < -0.39 is 9.84 Å². The number of sulfone groups is 1. The van der Waals surface area contributed by atoms with Crippen molar-refractivity contribution in [2.75, 3.05) is 32.7 Å². The molecule has 0 saturated heterocycles. The molecule has 0 radical (unpaired) electrons. The third kappa shape index (κ3) is 5.65. The summed E-state index contributed by atoms with van der Waals surface area (Å²) < 4.78 is 27.9. The minimum Gasteiger partial charge on any atom is -0.497 e. The normalized spacial score (nSPS) is 15.0. The molecule has 0 aliphatic carbocycles. The molecule has 0 aliphatic heterocycles. The van der Waals surface area contributed by atoms with Crippen molar-refractivity contribution in [2.45, 2.75) is 25.4 Å². The first kappa shape index (κ1) is 17.9. The summed E-state index contributed by atoms with van der Waals surface area (Å²) in [6, 6.07) is 7.70. The van der Waals surface area contributed by atoms with Gasteiger partial charge in [0.15, 0.2) is 0 Å². The Morgan fingerprint density at radius 2 is 1.86 bits per heavy atom. The van der Waals surface area contributed by atoms with Crippen molar-refractivity contribution in [3.05, 3.63) is 29.8 Å². The van der Waals surface area contributed by atoms with E-state index in [1.54, 1.807) is 7.11 Å². The van der Waals surface area contributed by atoms with Gasteiger partial charge in [-0.05, 0) is 31.2 Å². The Morgan fingerprint density at radius 3 is 2.29 bits per heavy atom. The van der Waals surface area contributed by atoms with Gasteiger partial charge < -0.3 is 10.5 Å². The second kappa shape index (κ2) is 7.77. The van der Waals surface area contributed by atoms with E-state index in [9.17, 15) is 8.42 Å². The highest BCUT2D eigenvalue weighted by atomic mass is 32.2. The van der Waals surface area contributed by atoms with Crippen LogP contribution >= 0.6 is 0 Å². The van der Waals surface area contributed by atoms with Crippen molar-refractivity contribution in [1.29, 1.82) is 0 Å². The SMILES string of the molecule is CCC(N)C(c1ccc(OC)cc1)N(C)CCS(C)(=O)=O. The van der Waals surface area contributed by atoms with Crippen LogP contribution in [0, 0.1) is 0 Å².